The largest absolute Gasteiger partial charge is 0.494 e. The fourth-order valence-corrected chi connectivity index (χ4v) is 4.98. The molecule has 3 heterocycles. The van der Waals surface area contributed by atoms with Gasteiger partial charge in [0, 0.05) is 32.6 Å². The first kappa shape index (κ1) is 21.5. The molecular weight excluding hydrogens is 414 g/mol. The minimum absolute atomic E-state index is 0.0603. The number of amides is 2. The highest BCUT2D eigenvalue weighted by Gasteiger charge is 2.29. The number of hydrogen-bond acceptors (Lipinski definition) is 7. The molecule has 8 nitrogen and oxygen atoms in total. The Morgan fingerprint density at radius 1 is 1.19 bits per heavy atom. The molecule has 0 bridgehead atoms. The van der Waals surface area contributed by atoms with Gasteiger partial charge in [-0.2, -0.15) is 0 Å². The second-order valence-electron chi connectivity index (χ2n) is 7.92. The average molecular weight is 444 g/mol. The van der Waals surface area contributed by atoms with Gasteiger partial charge in [0.15, 0.2) is 0 Å². The molecule has 2 saturated heterocycles. The third-order valence-electron chi connectivity index (χ3n) is 5.72. The van der Waals surface area contributed by atoms with Crippen LogP contribution in [0.3, 0.4) is 0 Å². The van der Waals surface area contributed by atoms with Crippen LogP contribution in [0.25, 0.3) is 0 Å². The highest BCUT2D eigenvalue weighted by Crippen LogP contribution is 2.32. The van der Waals surface area contributed by atoms with E-state index in [-0.39, 0.29) is 17.7 Å². The van der Waals surface area contributed by atoms with Crippen LogP contribution in [0.2, 0.25) is 0 Å². The summed E-state index contributed by atoms with van der Waals surface area (Å²) in [5.41, 5.74) is 1.17. The maximum atomic E-state index is 12.7. The molecule has 1 atom stereocenters. The van der Waals surface area contributed by atoms with Crippen LogP contribution in [0, 0.1) is 5.92 Å². The zero-order valence-corrected chi connectivity index (χ0v) is 18.7. The Balaban J connectivity index is 1.26. The second-order valence-corrected chi connectivity index (χ2v) is 8.85. The van der Waals surface area contributed by atoms with Crippen molar-refractivity contribution in [3.8, 4) is 5.75 Å². The minimum atomic E-state index is -0.0603. The van der Waals surface area contributed by atoms with Crippen LogP contribution in [0.15, 0.2) is 24.3 Å². The smallest absolute Gasteiger partial charge is 0.228 e. The van der Waals surface area contributed by atoms with Crippen molar-refractivity contribution in [3.63, 3.8) is 0 Å². The predicted octanol–water partition coefficient (Wildman–Crippen LogP) is 2.64. The Morgan fingerprint density at radius 3 is 2.74 bits per heavy atom. The van der Waals surface area contributed by atoms with Gasteiger partial charge in [0.2, 0.25) is 22.1 Å². The van der Waals surface area contributed by atoms with Gasteiger partial charge in [-0.05, 0) is 50.3 Å². The molecule has 0 spiro atoms. The number of nitrogens with zero attached hydrogens (tertiary/aromatic N) is 4. The Bertz CT molecular complexity index is 901. The fourth-order valence-electron chi connectivity index (χ4n) is 4.05. The average Bonchev–Trinajstić information content (AvgIpc) is 3.44. The standard InChI is InChI=1S/C22H29N5O3S/c1-2-30-18-9-7-16(8-10-18)11-12-23-20(29)17-5-3-13-26(15-17)21-24-25-22(31-21)27-14-4-6-19(27)28/h7-10,17H,2-6,11-15H2,1H3,(H,23,29). The normalized spacial score (nSPS) is 19.0. The first-order chi connectivity index (χ1) is 15.1. The van der Waals surface area contributed by atoms with E-state index in [1.807, 2.05) is 31.2 Å². The lowest BCUT2D eigenvalue weighted by atomic mass is 9.97. The summed E-state index contributed by atoms with van der Waals surface area (Å²) in [4.78, 5) is 28.5. The Hall–Kier alpha value is -2.68. The summed E-state index contributed by atoms with van der Waals surface area (Å²) in [7, 11) is 0. The van der Waals surface area contributed by atoms with Gasteiger partial charge in [-0.1, -0.05) is 23.5 Å². The van der Waals surface area contributed by atoms with E-state index in [1.54, 1.807) is 4.90 Å². The van der Waals surface area contributed by atoms with E-state index in [2.05, 4.69) is 20.4 Å². The van der Waals surface area contributed by atoms with Crippen molar-refractivity contribution in [1.29, 1.82) is 0 Å². The van der Waals surface area contributed by atoms with Crippen LogP contribution in [0.5, 0.6) is 5.75 Å². The third-order valence-corrected chi connectivity index (χ3v) is 6.72. The van der Waals surface area contributed by atoms with Gasteiger partial charge in [-0.3, -0.25) is 14.5 Å². The number of benzene rings is 1. The summed E-state index contributed by atoms with van der Waals surface area (Å²) >= 11 is 1.44. The van der Waals surface area contributed by atoms with Crippen LogP contribution < -0.4 is 19.9 Å². The van der Waals surface area contributed by atoms with Gasteiger partial charge >= 0.3 is 0 Å². The lowest BCUT2D eigenvalue weighted by molar-refractivity contribution is -0.125. The number of ether oxygens (including phenoxy) is 1. The van der Waals surface area contributed by atoms with E-state index in [0.29, 0.717) is 37.8 Å². The first-order valence-corrected chi connectivity index (χ1v) is 11.8. The summed E-state index contributed by atoms with van der Waals surface area (Å²) in [6.07, 6.45) is 4.06. The van der Waals surface area contributed by atoms with Crippen molar-refractivity contribution >= 4 is 33.4 Å². The summed E-state index contributed by atoms with van der Waals surface area (Å²) in [5.74, 6) is 1.02. The molecule has 0 radical (unpaired) electrons. The van der Waals surface area contributed by atoms with Gasteiger partial charge in [0.05, 0.1) is 12.5 Å². The summed E-state index contributed by atoms with van der Waals surface area (Å²) in [6, 6.07) is 8.01. The fraction of sp³-hybridized carbons (Fsp3) is 0.545. The van der Waals surface area contributed by atoms with Crippen molar-refractivity contribution in [2.75, 3.05) is 42.6 Å². The molecule has 1 N–H and O–H groups in total. The monoisotopic (exact) mass is 443 g/mol. The number of piperidine rings is 1. The molecule has 0 aliphatic carbocycles. The molecular formula is C22H29N5O3S. The molecule has 2 aromatic rings. The lowest BCUT2D eigenvalue weighted by Crippen LogP contribution is -2.43. The number of nitrogens with one attached hydrogen (secondary N) is 1. The molecule has 166 valence electrons. The molecule has 0 saturated carbocycles. The van der Waals surface area contributed by atoms with Crippen LogP contribution in [0.1, 0.15) is 38.2 Å². The van der Waals surface area contributed by atoms with E-state index in [9.17, 15) is 9.59 Å². The molecule has 31 heavy (non-hydrogen) atoms. The van der Waals surface area contributed by atoms with E-state index in [4.69, 9.17) is 4.74 Å². The summed E-state index contributed by atoms with van der Waals surface area (Å²) < 4.78 is 5.46. The molecule has 1 aromatic carbocycles. The second kappa shape index (κ2) is 10.1. The molecule has 2 amide bonds. The third kappa shape index (κ3) is 5.33. The lowest BCUT2D eigenvalue weighted by Gasteiger charge is -2.31. The number of rotatable bonds is 8. The maximum absolute atomic E-state index is 12.7. The molecule has 2 fully saturated rings. The van der Waals surface area contributed by atoms with Crippen molar-refractivity contribution in [2.45, 2.75) is 39.0 Å². The number of hydrogen-bond donors (Lipinski definition) is 1. The molecule has 2 aliphatic heterocycles. The van der Waals surface area contributed by atoms with Gasteiger partial charge in [0.1, 0.15) is 5.75 Å². The number of carbonyl (C=O) groups excluding carboxylic acids is 2. The summed E-state index contributed by atoms with van der Waals surface area (Å²) in [5, 5.41) is 13.1. The van der Waals surface area contributed by atoms with Crippen LogP contribution >= 0.6 is 11.3 Å². The quantitative estimate of drug-likeness (QED) is 0.675. The van der Waals surface area contributed by atoms with Crippen LogP contribution in [0.4, 0.5) is 10.3 Å². The van der Waals surface area contributed by atoms with Crippen molar-refractivity contribution < 1.29 is 14.3 Å². The Kier molecular flexibility index (Phi) is 7.01. The van der Waals surface area contributed by atoms with Gasteiger partial charge in [-0.15, -0.1) is 10.2 Å². The highest BCUT2D eigenvalue weighted by molar-refractivity contribution is 7.19. The highest BCUT2D eigenvalue weighted by atomic mass is 32.1. The van der Waals surface area contributed by atoms with Gasteiger partial charge in [-0.25, -0.2) is 0 Å². The van der Waals surface area contributed by atoms with Crippen molar-refractivity contribution in [1.82, 2.24) is 15.5 Å². The van der Waals surface area contributed by atoms with Crippen LogP contribution in [-0.2, 0) is 16.0 Å². The van der Waals surface area contributed by atoms with E-state index in [0.717, 1.165) is 43.1 Å². The summed E-state index contributed by atoms with van der Waals surface area (Å²) in [6.45, 7) is 5.45. The molecule has 2 aliphatic rings. The van der Waals surface area contributed by atoms with Crippen LogP contribution in [-0.4, -0.2) is 54.8 Å². The molecule has 4 rings (SSSR count). The van der Waals surface area contributed by atoms with E-state index < -0.39 is 0 Å². The Labute approximate surface area is 186 Å². The van der Waals surface area contributed by atoms with Crippen molar-refractivity contribution in [2.24, 2.45) is 5.92 Å². The predicted molar refractivity (Wildman–Crippen MR) is 121 cm³/mol. The maximum Gasteiger partial charge on any atom is 0.228 e. The van der Waals surface area contributed by atoms with Gasteiger partial charge in [0.25, 0.3) is 0 Å². The topological polar surface area (TPSA) is 87.7 Å². The van der Waals surface area contributed by atoms with Crippen molar-refractivity contribution in [3.05, 3.63) is 29.8 Å². The van der Waals surface area contributed by atoms with E-state index >= 15 is 0 Å². The number of anilines is 2. The molecule has 1 unspecified atom stereocenters. The molecule has 1 aromatic heterocycles. The van der Waals surface area contributed by atoms with E-state index in [1.165, 1.54) is 16.9 Å². The SMILES string of the molecule is CCOc1ccc(CCNC(=O)C2CCCN(c3nnc(N4CCCC4=O)s3)C2)cc1. The zero-order valence-electron chi connectivity index (χ0n) is 17.9. The zero-order chi connectivity index (χ0) is 21.6. The molecule has 9 heteroatoms. The number of aromatic nitrogens is 2. The number of carbonyl (C=O) groups is 2. The Morgan fingerprint density at radius 2 is 2.00 bits per heavy atom. The van der Waals surface area contributed by atoms with Gasteiger partial charge < -0.3 is 15.0 Å². The minimum Gasteiger partial charge on any atom is -0.494 e. The first-order valence-electron chi connectivity index (χ1n) is 11.0.